The lowest BCUT2D eigenvalue weighted by Gasteiger charge is -2.19. The molecule has 0 aliphatic heterocycles. The van der Waals surface area contributed by atoms with E-state index >= 15 is 0 Å². The van der Waals surface area contributed by atoms with E-state index in [9.17, 15) is 0 Å². The molecular formula is C14H24BrN3. The first-order valence-electron chi connectivity index (χ1n) is 6.48. The van der Waals surface area contributed by atoms with Gasteiger partial charge in [0, 0.05) is 12.1 Å². The third-order valence-corrected chi connectivity index (χ3v) is 3.30. The maximum Gasteiger partial charge on any atom is 0.0778 e. The molecule has 1 N–H and O–H groups in total. The van der Waals surface area contributed by atoms with Crippen LogP contribution in [0.1, 0.15) is 46.7 Å². The zero-order chi connectivity index (χ0) is 13.8. The Labute approximate surface area is 119 Å². The third-order valence-electron chi connectivity index (χ3n) is 2.72. The van der Waals surface area contributed by atoms with E-state index in [1.807, 2.05) is 10.9 Å². The third kappa shape index (κ3) is 4.58. The van der Waals surface area contributed by atoms with Crippen LogP contribution in [-0.2, 0) is 6.54 Å². The van der Waals surface area contributed by atoms with Gasteiger partial charge < -0.3 is 5.32 Å². The molecule has 102 valence electrons. The van der Waals surface area contributed by atoms with E-state index in [0.717, 1.165) is 24.0 Å². The maximum absolute atomic E-state index is 4.34. The Kier molecular flexibility index (Phi) is 5.60. The van der Waals surface area contributed by atoms with Gasteiger partial charge in [-0.1, -0.05) is 6.08 Å². The normalized spacial score (nSPS) is 13.1. The fraction of sp³-hybridized carbons (Fsp3) is 0.643. The van der Waals surface area contributed by atoms with E-state index in [4.69, 9.17) is 0 Å². The summed E-state index contributed by atoms with van der Waals surface area (Å²) in [7, 11) is 0. The summed E-state index contributed by atoms with van der Waals surface area (Å²) in [6, 6.07) is 0. The maximum atomic E-state index is 4.34. The largest absolute Gasteiger partial charge is 0.312 e. The summed E-state index contributed by atoms with van der Waals surface area (Å²) in [5.41, 5.74) is 2.65. The quantitative estimate of drug-likeness (QED) is 0.837. The van der Waals surface area contributed by atoms with E-state index in [2.05, 4.69) is 67.0 Å². The molecule has 1 rings (SSSR count). The van der Waals surface area contributed by atoms with E-state index in [1.54, 1.807) is 0 Å². The van der Waals surface area contributed by atoms with Crippen LogP contribution >= 0.6 is 15.9 Å². The number of hydrogen-bond donors (Lipinski definition) is 1. The van der Waals surface area contributed by atoms with Gasteiger partial charge in [0.1, 0.15) is 0 Å². The fourth-order valence-electron chi connectivity index (χ4n) is 1.83. The van der Waals surface area contributed by atoms with E-state index in [1.165, 1.54) is 11.3 Å². The number of aromatic nitrogens is 2. The highest BCUT2D eigenvalue weighted by Gasteiger charge is 2.10. The van der Waals surface area contributed by atoms with Gasteiger partial charge in [0.05, 0.1) is 16.4 Å². The second-order valence-corrected chi connectivity index (χ2v) is 6.36. The van der Waals surface area contributed by atoms with Crippen LogP contribution in [0, 0.1) is 0 Å². The van der Waals surface area contributed by atoms with Crippen LogP contribution in [0.2, 0.25) is 0 Å². The number of halogens is 1. The molecule has 0 bridgehead atoms. The van der Waals surface area contributed by atoms with Crippen molar-refractivity contribution in [2.24, 2.45) is 0 Å². The van der Waals surface area contributed by atoms with Crippen molar-refractivity contribution in [2.45, 2.75) is 53.1 Å². The summed E-state index contributed by atoms with van der Waals surface area (Å²) in [6.45, 7) is 12.7. The second-order valence-electron chi connectivity index (χ2n) is 5.51. The van der Waals surface area contributed by atoms with Crippen molar-refractivity contribution in [3.05, 3.63) is 22.4 Å². The number of nitrogens with one attached hydrogen (secondary N) is 1. The van der Waals surface area contributed by atoms with Gasteiger partial charge in [0.2, 0.25) is 0 Å². The lowest BCUT2D eigenvalue weighted by Crippen LogP contribution is -2.36. The Morgan fingerprint density at radius 1 is 1.50 bits per heavy atom. The van der Waals surface area contributed by atoms with Crippen LogP contribution in [0.15, 0.2) is 16.7 Å². The van der Waals surface area contributed by atoms with Crippen molar-refractivity contribution in [2.75, 3.05) is 6.54 Å². The van der Waals surface area contributed by atoms with Crippen molar-refractivity contribution >= 4 is 21.5 Å². The smallest absolute Gasteiger partial charge is 0.0778 e. The van der Waals surface area contributed by atoms with Crippen molar-refractivity contribution in [1.82, 2.24) is 15.1 Å². The van der Waals surface area contributed by atoms with Crippen LogP contribution in [0.3, 0.4) is 0 Å². The molecule has 0 aromatic carbocycles. The zero-order valence-corrected chi connectivity index (χ0v) is 13.6. The van der Waals surface area contributed by atoms with Gasteiger partial charge in [-0.15, -0.1) is 0 Å². The standard InChI is InChI=1S/C14H24BrN3/c1-6-18-13(12(15)10-17-18)11(2)8-7-9-16-14(3,4)5/h8,10,16H,6-7,9H2,1-5H3. The molecule has 0 spiro atoms. The van der Waals surface area contributed by atoms with Crippen molar-refractivity contribution in [3.8, 4) is 0 Å². The monoisotopic (exact) mass is 313 g/mol. The summed E-state index contributed by atoms with van der Waals surface area (Å²) in [4.78, 5) is 0. The van der Waals surface area contributed by atoms with Crippen LogP contribution in [0.5, 0.6) is 0 Å². The Balaban J connectivity index is 2.63. The molecule has 0 radical (unpaired) electrons. The fourth-order valence-corrected chi connectivity index (χ4v) is 2.44. The summed E-state index contributed by atoms with van der Waals surface area (Å²) in [5.74, 6) is 0. The van der Waals surface area contributed by atoms with Crippen LogP contribution in [-0.4, -0.2) is 21.9 Å². The first kappa shape index (κ1) is 15.4. The highest BCUT2D eigenvalue weighted by molar-refractivity contribution is 9.10. The Hall–Kier alpha value is -0.610. The van der Waals surface area contributed by atoms with Gasteiger partial charge in [0.25, 0.3) is 0 Å². The molecule has 0 aliphatic carbocycles. The summed E-state index contributed by atoms with van der Waals surface area (Å²) >= 11 is 3.56. The number of rotatable bonds is 5. The molecular weight excluding hydrogens is 290 g/mol. The summed E-state index contributed by atoms with van der Waals surface area (Å²) in [6.07, 6.45) is 5.17. The Morgan fingerprint density at radius 3 is 2.72 bits per heavy atom. The van der Waals surface area contributed by atoms with Gasteiger partial charge in [-0.25, -0.2) is 0 Å². The lowest BCUT2D eigenvalue weighted by atomic mass is 10.1. The molecule has 0 fully saturated rings. The van der Waals surface area contributed by atoms with E-state index < -0.39 is 0 Å². The van der Waals surface area contributed by atoms with Gasteiger partial charge >= 0.3 is 0 Å². The van der Waals surface area contributed by atoms with Gasteiger partial charge in [-0.3, -0.25) is 4.68 Å². The van der Waals surface area contributed by atoms with Gasteiger partial charge in [-0.05, 0) is 69.1 Å². The highest BCUT2D eigenvalue weighted by Crippen LogP contribution is 2.24. The minimum absolute atomic E-state index is 0.188. The average molecular weight is 314 g/mol. The predicted octanol–water partition coefficient (Wildman–Crippen LogP) is 3.85. The average Bonchev–Trinajstić information content (AvgIpc) is 2.64. The van der Waals surface area contributed by atoms with E-state index in [0.29, 0.717) is 0 Å². The Bertz CT molecular complexity index is 413. The lowest BCUT2D eigenvalue weighted by molar-refractivity contribution is 0.431. The van der Waals surface area contributed by atoms with E-state index in [-0.39, 0.29) is 5.54 Å². The van der Waals surface area contributed by atoms with Crippen molar-refractivity contribution in [1.29, 1.82) is 0 Å². The zero-order valence-electron chi connectivity index (χ0n) is 12.0. The molecule has 0 saturated carbocycles. The number of nitrogens with zero attached hydrogens (tertiary/aromatic N) is 2. The van der Waals surface area contributed by atoms with Crippen LogP contribution in [0.25, 0.3) is 5.57 Å². The molecule has 18 heavy (non-hydrogen) atoms. The summed E-state index contributed by atoms with van der Waals surface area (Å²) < 4.78 is 3.09. The van der Waals surface area contributed by atoms with Crippen LogP contribution in [0.4, 0.5) is 0 Å². The second kappa shape index (κ2) is 6.53. The minimum atomic E-state index is 0.188. The first-order chi connectivity index (χ1) is 8.35. The summed E-state index contributed by atoms with van der Waals surface area (Å²) in [5, 5.41) is 7.82. The first-order valence-corrected chi connectivity index (χ1v) is 7.28. The molecule has 0 amide bonds. The molecule has 3 nitrogen and oxygen atoms in total. The molecule has 0 atom stereocenters. The van der Waals surface area contributed by atoms with Gasteiger partial charge in [0.15, 0.2) is 0 Å². The minimum Gasteiger partial charge on any atom is -0.312 e. The van der Waals surface area contributed by atoms with Crippen LogP contribution < -0.4 is 5.32 Å². The number of aryl methyl sites for hydroxylation is 1. The Morgan fingerprint density at radius 2 is 2.17 bits per heavy atom. The van der Waals surface area contributed by atoms with Crippen molar-refractivity contribution < 1.29 is 0 Å². The highest BCUT2D eigenvalue weighted by atomic mass is 79.9. The number of hydrogen-bond acceptors (Lipinski definition) is 2. The molecule has 1 heterocycles. The predicted molar refractivity (Wildman–Crippen MR) is 81.6 cm³/mol. The van der Waals surface area contributed by atoms with Gasteiger partial charge in [-0.2, -0.15) is 5.10 Å². The number of allylic oxidation sites excluding steroid dienone is 1. The SMILES string of the molecule is CCn1ncc(Br)c1C(C)=CCCNC(C)(C)C. The van der Waals surface area contributed by atoms with Crippen molar-refractivity contribution in [3.63, 3.8) is 0 Å². The molecule has 4 heteroatoms. The molecule has 0 saturated heterocycles. The molecule has 1 aromatic rings. The molecule has 1 aromatic heterocycles. The molecule has 0 aliphatic rings. The topological polar surface area (TPSA) is 29.9 Å². The molecule has 0 unspecified atom stereocenters.